The van der Waals surface area contributed by atoms with Crippen molar-refractivity contribution in [2.75, 3.05) is 13.2 Å². The summed E-state index contributed by atoms with van der Waals surface area (Å²) < 4.78 is 5.44. The number of unbranched alkanes of at least 4 members (excludes halogenated alkanes) is 1. The van der Waals surface area contributed by atoms with Gasteiger partial charge in [-0.25, -0.2) is 0 Å². The fourth-order valence-electron chi connectivity index (χ4n) is 1.87. The highest BCUT2D eigenvalue weighted by molar-refractivity contribution is 5.76. The first-order valence-corrected chi connectivity index (χ1v) is 6.52. The maximum absolute atomic E-state index is 11.3. The third-order valence-electron chi connectivity index (χ3n) is 2.94. The Morgan fingerprint density at radius 2 is 2.17 bits per heavy atom. The van der Waals surface area contributed by atoms with Gasteiger partial charge in [-0.15, -0.1) is 0 Å². The number of carboxylic acids is 1. The van der Waals surface area contributed by atoms with E-state index in [-0.39, 0.29) is 0 Å². The van der Waals surface area contributed by atoms with Gasteiger partial charge in [0.1, 0.15) is 0 Å². The molecule has 0 saturated heterocycles. The zero-order valence-corrected chi connectivity index (χ0v) is 11.2. The molecule has 0 heterocycles. The van der Waals surface area contributed by atoms with Gasteiger partial charge in [0.05, 0.1) is 5.92 Å². The lowest BCUT2D eigenvalue weighted by molar-refractivity contribution is -0.139. The summed E-state index contributed by atoms with van der Waals surface area (Å²) >= 11 is 0. The van der Waals surface area contributed by atoms with E-state index in [9.17, 15) is 9.90 Å². The third-order valence-corrected chi connectivity index (χ3v) is 2.94. The Kier molecular flexibility index (Phi) is 6.44. The third kappa shape index (κ3) is 4.88. The van der Waals surface area contributed by atoms with E-state index >= 15 is 0 Å². The number of aliphatic carboxylic acids is 1. The highest BCUT2D eigenvalue weighted by Gasteiger charge is 2.19. The van der Waals surface area contributed by atoms with Crippen LogP contribution in [0.2, 0.25) is 0 Å². The van der Waals surface area contributed by atoms with Crippen LogP contribution >= 0.6 is 0 Å². The van der Waals surface area contributed by atoms with Crippen LogP contribution in [0.4, 0.5) is 0 Å². The molecule has 1 unspecified atom stereocenters. The topological polar surface area (TPSA) is 46.5 Å². The Bertz CT molecular complexity index is 374. The molecule has 100 valence electrons. The summed E-state index contributed by atoms with van der Waals surface area (Å²) in [4.78, 5) is 11.3. The van der Waals surface area contributed by atoms with Gasteiger partial charge in [-0.3, -0.25) is 4.79 Å². The molecule has 0 aromatic heterocycles. The summed E-state index contributed by atoms with van der Waals surface area (Å²) in [6.45, 7) is 5.30. The number of carbonyl (C=O) groups is 1. The van der Waals surface area contributed by atoms with Gasteiger partial charge in [0.15, 0.2) is 0 Å². The number of carboxylic acid groups (broad SMARTS) is 1. The fourth-order valence-corrected chi connectivity index (χ4v) is 1.87. The molecule has 0 bridgehead atoms. The Hall–Kier alpha value is -1.35. The number of aryl methyl sites for hydroxylation is 1. The second-order valence-electron chi connectivity index (χ2n) is 4.56. The molecule has 1 atom stereocenters. The van der Waals surface area contributed by atoms with Crippen LogP contribution in [0, 0.1) is 6.92 Å². The van der Waals surface area contributed by atoms with Crippen molar-refractivity contribution in [3.8, 4) is 0 Å². The first kappa shape index (κ1) is 14.7. The molecule has 3 nitrogen and oxygen atoms in total. The molecule has 0 aliphatic heterocycles. The molecular weight excluding hydrogens is 228 g/mol. The molecule has 1 N–H and O–H groups in total. The van der Waals surface area contributed by atoms with Crippen molar-refractivity contribution < 1.29 is 14.6 Å². The van der Waals surface area contributed by atoms with E-state index in [0.29, 0.717) is 13.0 Å². The predicted octanol–water partition coefficient (Wildman–Crippen LogP) is 3.37. The fraction of sp³-hybridized carbons (Fsp3) is 0.533. The molecule has 0 aliphatic rings. The second-order valence-corrected chi connectivity index (χ2v) is 4.56. The van der Waals surface area contributed by atoms with Gasteiger partial charge < -0.3 is 9.84 Å². The lowest BCUT2D eigenvalue weighted by Gasteiger charge is -2.13. The van der Waals surface area contributed by atoms with Crippen molar-refractivity contribution in [1.29, 1.82) is 0 Å². The van der Waals surface area contributed by atoms with Crippen LogP contribution in [0.1, 0.15) is 43.2 Å². The summed E-state index contributed by atoms with van der Waals surface area (Å²) in [6, 6.07) is 7.68. The zero-order chi connectivity index (χ0) is 13.4. The smallest absolute Gasteiger partial charge is 0.311 e. The molecule has 0 amide bonds. The van der Waals surface area contributed by atoms with Gasteiger partial charge in [-0.05, 0) is 25.3 Å². The lowest BCUT2D eigenvalue weighted by Crippen LogP contribution is -2.14. The molecule has 0 saturated carbocycles. The maximum Gasteiger partial charge on any atom is 0.311 e. The molecule has 1 aromatic rings. The molecule has 0 spiro atoms. The minimum atomic E-state index is -0.778. The Morgan fingerprint density at radius 3 is 2.78 bits per heavy atom. The van der Waals surface area contributed by atoms with Crippen LogP contribution < -0.4 is 0 Å². The lowest BCUT2D eigenvalue weighted by atomic mass is 9.95. The molecule has 0 radical (unpaired) electrons. The zero-order valence-electron chi connectivity index (χ0n) is 11.2. The van der Waals surface area contributed by atoms with Crippen molar-refractivity contribution >= 4 is 5.97 Å². The summed E-state index contributed by atoms with van der Waals surface area (Å²) in [7, 11) is 0. The van der Waals surface area contributed by atoms with Crippen LogP contribution in [-0.2, 0) is 9.53 Å². The number of hydrogen-bond donors (Lipinski definition) is 1. The van der Waals surface area contributed by atoms with E-state index in [2.05, 4.69) is 6.92 Å². The first-order valence-electron chi connectivity index (χ1n) is 6.52. The van der Waals surface area contributed by atoms with Gasteiger partial charge in [0.2, 0.25) is 0 Å². The van der Waals surface area contributed by atoms with Crippen LogP contribution in [0.15, 0.2) is 24.3 Å². The summed E-state index contributed by atoms with van der Waals surface area (Å²) in [5.74, 6) is -1.24. The van der Waals surface area contributed by atoms with Crippen molar-refractivity contribution in [3.63, 3.8) is 0 Å². The normalized spacial score (nSPS) is 12.3. The van der Waals surface area contributed by atoms with Crippen LogP contribution in [-0.4, -0.2) is 24.3 Å². The average Bonchev–Trinajstić information content (AvgIpc) is 2.33. The Balaban J connectivity index is 2.53. The quantitative estimate of drug-likeness (QED) is 0.719. The van der Waals surface area contributed by atoms with Crippen LogP contribution in [0.25, 0.3) is 0 Å². The van der Waals surface area contributed by atoms with Crippen LogP contribution in [0.3, 0.4) is 0 Å². The molecule has 18 heavy (non-hydrogen) atoms. The Labute approximate surface area is 109 Å². The first-order chi connectivity index (χ1) is 8.65. The monoisotopic (exact) mass is 250 g/mol. The number of benzene rings is 1. The summed E-state index contributed by atoms with van der Waals surface area (Å²) in [5, 5.41) is 9.26. The number of rotatable bonds is 8. The van der Waals surface area contributed by atoms with E-state index in [4.69, 9.17) is 4.74 Å². The molecule has 1 rings (SSSR count). The SMILES string of the molecule is CCCCOCCC(C(=O)O)c1cccc(C)c1. The van der Waals surface area contributed by atoms with Crippen LogP contribution in [0.5, 0.6) is 0 Å². The van der Waals surface area contributed by atoms with Gasteiger partial charge in [-0.2, -0.15) is 0 Å². The highest BCUT2D eigenvalue weighted by atomic mass is 16.5. The average molecular weight is 250 g/mol. The second kappa shape index (κ2) is 7.88. The minimum Gasteiger partial charge on any atom is -0.481 e. The van der Waals surface area contributed by atoms with Crippen molar-refractivity contribution in [3.05, 3.63) is 35.4 Å². The van der Waals surface area contributed by atoms with E-state index in [1.807, 2.05) is 31.2 Å². The largest absolute Gasteiger partial charge is 0.481 e. The van der Waals surface area contributed by atoms with Gasteiger partial charge in [0.25, 0.3) is 0 Å². The standard InChI is InChI=1S/C15H22O3/c1-3-4-9-18-10-8-14(15(16)17)13-7-5-6-12(2)11-13/h5-7,11,14H,3-4,8-10H2,1-2H3,(H,16,17). The summed E-state index contributed by atoms with van der Waals surface area (Å²) in [6.07, 6.45) is 2.66. The Morgan fingerprint density at radius 1 is 1.39 bits per heavy atom. The van der Waals surface area contributed by atoms with E-state index in [1.165, 1.54) is 0 Å². The minimum absolute atomic E-state index is 0.466. The number of ether oxygens (including phenoxy) is 1. The maximum atomic E-state index is 11.3. The molecule has 0 aliphatic carbocycles. The molecule has 3 heteroatoms. The van der Waals surface area contributed by atoms with Crippen molar-refractivity contribution in [1.82, 2.24) is 0 Å². The number of hydrogen-bond acceptors (Lipinski definition) is 2. The van der Waals surface area contributed by atoms with Crippen molar-refractivity contribution in [2.24, 2.45) is 0 Å². The highest BCUT2D eigenvalue weighted by Crippen LogP contribution is 2.21. The van der Waals surface area contributed by atoms with Gasteiger partial charge in [-0.1, -0.05) is 43.2 Å². The van der Waals surface area contributed by atoms with E-state index in [0.717, 1.165) is 30.6 Å². The van der Waals surface area contributed by atoms with Crippen molar-refractivity contribution in [2.45, 2.75) is 39.0 Å². The van der Waals surface area contributed by atoms with E-state index < -0.39 is 11.9 Å². The molecular formula is C15H22O3. The molecule has 0 fully saturated rings. The predicted molar refractivity (Wildman–Crippen MR) is 71.9 cm³/mol. The summed E-state index contributed by atoms with van der Waals surface area (Å²) in [5.41, 5.74) is 1.95. The van der Waals surface area contributed by atoms with Gasteiger partial charge >= 0.3 is 5.97 Å². The molecule has 1 aromatic carbocycles. The van der Waals surface area contributed by atoms with E-state index in [1.54, 1.807) is 0 Å². The van der Waals surface area contributed by atoms with Gasteiger partial charge in [0, 0.05) is 13.2 Å².